The molecule has 0 aliphatic heterocycles. The lowest BCUT2D eigenvalue weighted by Crippen LogP contribution is -2.28. The van der Waals surface area contributed by atoms with Gasteiger partial charge in [-0.3, -0.25) is 9.88 Å². The zero-order chi connectivity index (χ0) is 9.68. The van der Waals surface area contributed by atoms with Crippen LogP contribution in [0.25, 0.3) is 0 Å². The van der Waals surface area contributed by atoms with Crippen molar-refractivity contribution in [3.05, 3.63) is 30.1 Å². The Morgan fingerprint density at radius 3 is 2.85 bits per heavy atom. The van der Waals surface area contributed by atoms with E-state index in [4.69, 9.17) is 5.26 Å². The van der Waals surface area contributed by atoms with Crippen LogP contribution in [0.4, 0.5) is 0 Å². The van der Waals surface area contributed by atoms with Crippen LogP contribution in [0.2, 0.25) is 0 Å². The van der Waals surface area contributed by atoms with Gasteiger partial charge in [0.05, 0.1) is 6.07 Å². The second-order valence-corrected chi connectivity index (χ2v) is 3.17. The summed E-state index contributed by atoms with van der Waals surface area (Å²) >= 11 is 0. The van der Waals surface area contributed by atoms with E-state index in [-0.39, 0.29) is 6.04 Å². The minimum Gasteiger partial charge on any atom is -0.294 e. The summed E-state index contributed by atoms with van der Waals surface area (Å²) in [6, 6.07) is 6.06. The summed E-state index contributed by atoms with van der Waals surface area (Å²) in [4.78, 5) is 5.91. The zero-order valence-corrected chi connectivity index (χ0v) is 7.94. The minimum absolute atomic E-state index is 0.0656. The molecular weight excluding hydrogens is 162 g/mol. The van der Waals surface area contributed by atoms with Crippen molar-refractivity contribution in [2.75, 3.05) is 14.1 Å². The Hall–Kier alpha value is -1.40. The fourth-order valence-corrected chi connectivity index (χ4v) is 1.09. The zero-order valence-electron chi connectivity index (χ0n) is 7.94. The molecule has 0 bridgehead atoms. The summed E-state index contributed by atoms with van der Waals surface area (Å²) in [6.07, 6.45) is 4.27. The van der Waals surface area contributed by atoms with Crippen LogP contribution in [0, 0.1) is 11.3 Å². The maximum Gasteiger partial charge on any atom is 0.101 e. The highest BCUT2D eigenvalue weighted by molar-refractivity contribution is 5.12. The standard InChI is InChI=1S/C10H13N3/c1-13(2)10(7-11)6-9-4-3-5-12-8-9/h3-5,8,10H,6H2,1-2H3. The molecule has 0 amide bonds. The molecule has 1 unspecified atom stereocenters. The summed E-state index contributed by atoms with van der Waals surface area (Å²) < 4.78 is 0. The lowest BCUT2D eigenvalue weighted by molar-refractivity contribution is 0.348. The fourth-order valence-electron chi connectivity index (χ4n) is 1.09. The second kappa shape index (κ2) is 4.58. The first-order chi connectivity index (χ1) is 6.24. The van der Waals surface area contributed by atoms with Crippen LogP contribution < -0.4 is 0 Å². The number of rotatable bonds is 3. The summed E-state index contributed by atoms with van der Waals surface area (Å²) in [5.74, 6) is 0. The molecule has 1 aromatic rings. The first-order valence-corrected chi connectivity index (χ1v) is 4.19. The molecule has 0 aliphatic carbocycles. The Labute approximate surface area is 78.6 Å². The van der Waals surface area contributed by atoms with Crippen molar-refractivity contribution in [2.45, 2.75) is 12.5 Å². The van der Waals surface area contributed by atoms with Crippen molar-refractivity contribution in [3.63, 3.8) is 0 Å². The van der Waals surface area contributed by atoms with E-state index in [1.165, 1.54) is 0 Å². The molecule has 0 fully saturated rings. The van der Waals surface area contributed by atoms with Gasteiger partial charge in [0.1, 0.15) is 6.04 Å². The van der Waals surface area contributed by atoms with Gasteiger partial charge in [0.2, 0.25) is 0 Å². The van der Waals surface area contributed by atoms with E-state index in [1.807, 2.05) is 31.1 Å². The molecular formula is C10H13N3. The van der Waals surface area contributed by atoms with Crippen LogP contribution in [-0.4, -0.2) is 30.0 Å². The topological polar surface area (TPSA) is 39.9 Å². The first-order valence-electron chi connectivity index (χ1n) is 4.19. The molecule has 0 aromatic carbocycles. The average molecular weight is 175 g/mol. The number of nitrogens with zero attached hydrogens (tertiary/aromatic N) is 3. The van der Waals surface area contributed by atoms with E-state index in [0.717, 1.165) is 12.0 Å². The molecule has 1 rings (SSSR count). The largest absolute Gasteiger partial charge is 0.294 e. The van der Waals surface area contributed by atoms with Crippen LogP contribution in [0.1, 0.15) is 5.56 Å². The van der Waals surface area contributed by atoms with Crippen LogP contribution in [0.3, 0.4) is 0 Å². The van der Waals surface area contributed by atoms with Crippen molar-refractivity contribution in [2.24, 2.45) is 0 Å². The van der Waals surface area contributed by atoms with Gasteiger partial charge in [-0.05, 0) is 25.7 Å². The average Bonchev–Trinajstić information content (AvgIpc) is 2.15. The Balaban J connectivity index is 2.64. The third-order valence-corrected chi connectivity index (χ3v) is 1.92. The van der Waals surface area contributed by atoms with Gasteiger partial charge < -0.3 is 0 Å². The molecule has 68 valence electrons. The fraction of sp³-hybridized carbons (Fsp3) is 0.400. The van der Waals surface area contributed by atoms with Crippen molar-refractivity contribution < 1.29 is 0 Å². The first kappa shape index (κ1) is 9.69. The van der Waals surface area contributed by atoms with Gasteiger partial charge in [0.25, 0.3) is 0 Å². The third kappa shape index (κ3) is 2.85. The Morgan fingerprint density at radius 2 is 2.38 bits per heavy atom. The van der Waals surface area contributed by atoms with E-state index in [0.29, 0.717) is 0 Å². The van der Waals surface area contributed by atoms with Gasteiger partial charge in [0, 0.05) is 18.8 Å². The number of nitriles is 1. The highest BCUT2D eigenvalue weighted by atomic mass is 15.1. The molecule has 0 saturated heterocycles. The number of aromatic nitrogens is 1. The van der Waals surface area contributed by atoms with Gasteiger partial charge in [-0.2, -0.15) is 5.26 Å². The number of hydrogen-bond donors (Lipinski definition) is 0. The van der Waals surface area contributed by atoms with Crippen LogP contribution >= 0.6 is 0 Å². The maximum atomic E-state index is 8.85. The van der Waals surface area contributed by atoms with Gasteiger partial charge in [-0.15, -0.1) is 0 Å². The Kier molecular flexibility index (Phi) is 3.41. The van der Waals surface area contributed by atoms with Crippen molar-refractivity contribution in [1.82, 2.24) is 9.88 Å². The second-order valence-electron chi connectivity index (χ2n) is 3.17. The third-order valence-electron chi connectivity index (χ3n) is 1.92. The van der Waals surface area contributed by atoms with Crippen LogP contribution in [0.15, 0.2) is 24.5 Å². The maximum absolute atomic E-state index is 8.85. The molecule has 0 saturated carbocycles. The van der Waals surface area contributed by atoms with Gasteiger partial charge in [0.15, 0.2) is 0 Å². The molecule has 0 spiro atoms. The van der Waals surface area contributed by atoms with E-state index < -0.39 is 0 Å². The molecule has 1 heterocycles. The lowest BCUT2D eigenvalue weighted by Gasteiger charge is -2.16. The molecule has 0 radical (unpaired) electrons. The monoisotopic (exact) mass is 175 g/mol. The predicted molar refractivity (Wildman–Crippen MR) is 51.0 cm³/mol. The van der Waals surface area contributed by atoms with Crippen LogP contribution in [0.5, 0.6) is 0 Å². The molecule has 1 atom stereocenters. The molecule has 0 N–H and O–H groups in total. The predicted octanol–water partition coefficient (Wildman–Crippen LogP) is 1.08. The van der Waals surface area contributed by atoms with Crippen molar-refractivity contribution in [3.8, 4) is 6.07 Å². The summed E-state index contributed by atoms with van der Waals surface area (Å²) in [5, 5.41) is 8.85. The molecule has 3 heteroatoms. The SMILES string of the molecule is CN(C)C(C#N)Cc1cccnc1. The summed E-state index contributed by atoms with van der Waals surface area (Å²) in [5.41, 5.74) is 1.10. The number of pyridine rings is 1. The Morgan fingerprint density at radius 1 is 1.62 bits per heavy atom. The van der Waals surface area contributed by atoms with Gasteiger partial charge in [-0.1, -0.05) is 6.07 Å². The van der Waals surface area contributed by atoms with Gasteiger partial charge in [-0.25, -0.2) is 0 Å². The van der Waals surface area contributed by atoms with E-state index in [9.17, 15) is 0 Å². The summed E-state index contributed by atoms with van der Waals surface area (Å²) in [7, 11) is 3.81. The highest BCUT2D eigenvalue weighted by Crippen LogP contribution is 2.03. The Bertz CT molecular complexity index is 287. The van der Waals surface area contributed by atoms with E-state index >= 15 is 0 Å². The summed E-state index contributed by atoms with van der Waals surface area (Å²) in [6.45, 7) is 0. The minimum atomic E-state index is -0.0656. The smallest absolute Gasteiger partial charge is 0.101 e. The number of hydrogen-bond acceptors (Lipinski definition) is 3. The molecule has 0 aliphatic rings. The molecule has 13 heavy (non-hydrogen) atoms. The van der Waals surface area contributed by atoms with Gasteiger partial charge >= 0.3 is 0 Å². The van der Waals surface area contributed by atoms with Crippen molar-refractivity contribution >= 4 is 0 Å². The van der Waals surface area contributed by atoms with Crippen LogP contribution in [-0.2, 0) is 6.42 Å². The number of likely N-dealkylation sites (N-methyl/N-ethyl adjacent to an activating group) is 1. The van der Waals surface area contributed by atoms with E-state index in [2.05, 4.69) is 11.1 Å². The lowest BCUT2D eigenvalue weighted by atomic mass is 10.1. The normalized spacial score (nSPS) is 12.5. The quantitative estimate of drug-likeness (QED) is 0.690. The van der Waals surface area contributed by atoms with E-state index in [1.54, 1.807) is 12.4 Å². The molecule has 3 nitrogen and oxygen atoms in total. The van der Waals surface area contributed by atoms with Crippen molar-refractivity contribution in [1.29, 1.82) is 5.26 Å². The molecule has 1 aromatic heterocycles. The highest BCUT2D eigenvalue weighted by Gasteiger charge is 2.09.